The summed E-state index contributed by atoms with van der Waals surface area (Å²) in [5.74, 6) is -0.158. The summed E-state index contributed by atoms with van der Waals surface area (Å²) in [6, 6.07) is 0. The Balaban J connectivity index is 3.50. The molecule has 1 unspecified atom stereocenters. The fourth-order valence-electron chi connectivity index (χ4n) is 0.957. The topological polar surface area (TPSA) is 26.3 Å². The molecule has 1 atom stereocenters. The minimum absolute atomic E-state index is 0.0214. The fourth-order valence-corrected chi connectivity index (χ4v) is 0.957. The molecule has 0 fully saturated rings. The summed E-state index contributed by atoms with van der Waals surface area (Å²) in [6.07, 6.45) is -3.51. The number of carbonyl (C=O) groups excluding carboxylic acids is 1. The summed E-state index contributed by atoms with van der Waals surface area (Å²) in [5, 5.41) is 0. The molecule has 0 aliphatic rings. The van der Waals surface area contributed by atoms with Gasteiger partial charge in [-0.2, -0.15) is 13.2 Å². The molecule has 0 radical (unpaired) electrons. The lowest BCUT2D eigenvalue weighted by atomic mass is 10.0. The second-order valence-corrected chi connectivity index (χ2v) is 3.18. The van der Waals surface area contributed by atoms with Gasteiger partial charge in [-0.3, -0.25) is 4.79 Å². The third kappa shape index (κ3) is 6.88. The van der Waals surface area contributed by atoms with Crippen molar-refractivity contribution < 1.29 is 22.7 Å². The van der Waals surface area contributed by atoms with Crippen LogP contribution in [-0.2, 0) is 9.53 Å². The van der Waals surface area contributed by atoms with Crippen LogP contribution in [0.2, 0.25) is 0 Å². The van der Waals surface area contributed by atoms with Gasteiger partial charge < -0.3 is 4.74 Å². The van der Waals surface area contributed by atoms with Crippen LogP contribution in [0.15, 0.2) is 0 Å². The number of ether oxygens (including phenoxy) is 1. The molecule has 0 saturated heterocycles. The van der Waals surface area contributed by atoms with Crippen molar-refractivity contribution in [1.82, 2.24) is 0 Å². The summed E-state index contributed by atoms with van der Waals surface area (Å²) in [4.78, 5) is 11.0. The molecular formula is C9H15F3O2. The third-order valence-electron chi connectivity index (χ3n) is 1.86. The van der Waals surface area contributed by atoms with Gasteiger partial charge in [-0.25, -0.2) is 0 Å². The van der Waals surface area contributed by atoms with E-state index in [0.717, 1.165) is 0 Å². The van der Waals surface area contributed by atoms with Crippen LogP contribution in [0.5, 0.6) is 0 Å². The molecule has 0 N–H and O–H groups in total. The first-order valence-corrected chi connectivity index (χ1v) is 4.54. The molecule has 0 saturated carbocycles. The van der Waals surface area contributed by atoms with Crippen LogP contribution in [0, 0.1) is 5.92 Å². The summed E-state index contributed by atoms with van der Waals surface area (Å²) in [5.41, 5.74) is 0. The Morgan fingerprint density at radius 2 is 2.00 bits per heavy atom. The highest BCUT2D eigenvalue weighted by Gasteiger charge is 2.27. The molecule has 0 aliphatic heterocycles. The number of carbonyl (C=O) groups is 1. The summed E-state index contributed by atoms with van der Waals surface area (Å²) >= 11 is 0. The molecule has 0 aromatic carbocycles. The van der Waals surface area contributed by atoms with Crippen LogP contribution in [0.3, 0.4) is 0 Å². The largest absolute Gasteiger partial charge is 0.411 e. The van der Waals surface area contributed by atoms with Crippen molar-refractivity contribution >= 4 is 5.78 Å². The second-order valence-electron chi connectivity index (χ2n) is 3.18. The zero-order valence-electron chi connectivity index (χ0n) is 8.36. The van der Waals surface area contributed by atoms with Gasteiger partial charge in [0.05, 0.1) is 0 Å². The van der Waals surface area contributed by atoms with Gasteiger partial charge in [0.2, 0.25) is 0 Å². The number of ketones is 1. The predicted molar refractivity (Wildman–Crippen MR) is 46.0 cm³/mol. The lowest BCUT2D eigenvalue weighted by molar-refractivity contribution is -0.174. The Bertz CT molecular complexity index is 177. The molecule has 2 nitrogen and oxygen atoms in total. The molecule has 0 spiro atoms. The molecule has 0 aromatic rings. The monoisotopic (exact) mass is 212 g/mol. The molecule has 0 aliphatic carbocycles. The summed E-state index contributed by atoms with van der Waals surface area (Å²) in [7, 11) is 0. The van der Waals surface area contributed by atoms with Crippen molar-refractivity contribution in [2.75, 3.05) is 13.2 Å². The number of alkyl halides is 3. The lowest BCUT2D eigenvalue weighted by Gasteiger charge is -2.10. The van der Waals surface area contributed by atoms with Crippen LogP contribution >= 0.6 is 0 Å². The Morgan fingerprint density at radius 3 is 2.43 bits per heavy atom. The van der Waals surface area contributed by atoms with Gasteiger partial charge in [0.1, 0.15) is 12.4 Å². The van der Waals surface area contributed by atoms with Crippen molar-refractivity contribution in [3.05, 3.63) is 0 Å². The van der Waals surface area contributed by atoms with E-state index in [1.165, 1.54) is 0 Å². The van der Waals surface area contributed by atoms with Crippen molar-refractivity contribution in [1.29, 1.82) is 0 Å². The van der Waals surface area contributed by atoms with Crippen LogP contribution in [-0.4, -0.2) is 25.2 Å². The minimum Gasteiger partial charge on any atom is -0.372 e. The molecule has 0 bridgehead atoms. The van der Waals surface area contributed by atoms with Crippen LogP contribution in [0.1, 0.15) is 26.7 Å². The molecule has 0 heterocycles. The van der Waals surface area contributed by atoms with Crippen LogP contribution in [0.25, 0.3) is 0 Å². The van der Waals surface area contributed by atoms with Gasteiger partial charge in [-0.05, 0) is 6.42 Å². The van der Waals surface area contributed by atoms with E-state index >= 15 is 0 Å². The highest BCUT2D eigenvalue weighted by Crippen LogP contribution is 2.15. The average molecular weight is 212 g/mol. The number of halogens is 3. The van der Waals surface area contributed by atoms with E-state index < -0.39 is 12.8 Å². The lowest BCUT2D eigenvalue weighted by Crippen LogP contribution is -2.19. The zero-order valence-corrected chi connectivity index (χ0v) is 8.36. The zero-order chi connectivity index (χ0) is 11.2. The SMILES string of the molecule is CCC(=O)C(C)CCOCC(F)(F)F. The summed E-state index contributed by atoms with van der Waals surface area (Å²) < 4.78 is 39.2. The first-order chi connectivity index (χ1) is 6.37. The van der Waals surface area contributed by atoms with Gasteiger partial charge in [0.15, 0.2) is 0 Å². The quantitative estimate of drug-likeness (QED) is 0.632. The van der Waals surface area contributed by atoms with E-state index in [-0.39, 0.29) is 18.3 Å². The van der Waals surface area contributed by atoms with Crippen LogP contribution in [0.4, 0.5) is 13.2 Å². The van der Waals surface area contributed by atoms with Gasteiger partial charge in [0, 0.05) is 18.9 Å². The maximum Gasteiger partial charge on any atom is 0.411 e. The average Bonchev–Trinajstić information content (AvgIpc) is 2.09. The molecule has 84 valence electrons. The molecule has 0 rings (SSSR count). The maximum absolute atomic E-state index is 11.6. The van der Waals surface area contributed by atoms with Crippen molar-refractivity contribution in [2.24, 2.45) is 5.92 Å². The van der Waals surface area contributed by atoms with Gasteiger partial charge in [-0.15, -0.1) is 0 Å². The Kier molecular flexibility index (Phi) is 5.76. The van der Waals surface area contributed by atoms with Crippen molar-refractivity contribution in [2.45, 2.75) is 32.9 Å². The van der Waals surface area contributed by atoms with Crippen molar-refractivity contribution in [3.63, 3.8) is 0 Å². The van der Waals surface area contributed by atoms with E-state index in [1.807, 2.05) is 0 Å². The normalized spacial score (nSPS) is 14.1. The van der Waals surface area contributed by atoms with E-state index in [4.69, 9.17) is 0 Å². The van der Waals surface area contributed by atoms with Gasteiger partial charge in [-0.1, -0.05) is 13.8 Å². The van der Waals surface area contributed by atoms with E-state index in [1.54, 1.807) is 13.8 Å². The van der Waals surface area contributed by atoms with E-state index in [9.17, 15) is 18.0 Å². The number of rotatable bonds is 6. The Hall–Kier alpha value is -0.580. The number of hydrogen-bond donors (Lipinski definition) is 0. The first kappa shape index (κ1) is 13.4. The van der Waals surface area contributed by atoms with E-state index in [0.29, 0.717) is 12.8 Å². The number of Topliss-reactive ketones (excluding diaryl/α,β-unsaturated/α-hetero) is 1. The van der Waals surface area contributed by atoms with Crippen LogP contribution < -0.4 is 0 Å². The van der Waals surface area contributed by atoms with Crippen molar-refractivity contribution in [3.8, 4) is 0 Å². The minimum atomic E-state index is -4.28. The van der Waals surface area contributed by atoms with Gasteiger partial charge >= 0.3 is 6.18 Å². The molecular weight excluding hydrogens is 197 g/mol. The second kappa shape index (κ2) is 6.01. The highest BCUT2D eigenvalue weighted by molar-refractivity contribution is 5.80. The molecule has 14 heavy (non-hydrogen) atoms. The standard InChI is InChI=1S/C9H15F3O2/c1-3-8(13)7(2)4-5-14-6-9(10,11)12/h7H,3-6H2,1-2H3. The van der Waals surface area contributed by atoms with Gasteiger partial charge in [0.25, 0.3) is 0 Å². The predicted octanol–water partition coefficient (Wildman–Crippen LogP) is 2.57. The number of hydrogen-bond acceptors (Lipinski definition) is 2. The fraction of sp³-hybridized carbons (Fsp3) is 0.889. The highest BCUT2D eigenvalue weighted by atomic mass is 19.4. The van der Waals surface area contributed by atoms with E-state index in [2.05, 4.69) is 4.74 Å². The third-order valence-corrected chi connectivity index (χ3v) is 1.86. The Labute approximate surface area is 81.4 Å². The smallest absolute Gasteiger partial charge is 0.372 e. The molecule has 0 aromatic heterocycles. The Morgan fingerprint density at radius 1 is 1.43 bits per heavy atom. The molecule has 5 heteroatoms. The summed E-state index contributed by atoms with van der Waals surface area (Å²) in [6.45, 7) is 2.17. The molecule has 0 amide bonds. The maximum atomic E-state index is 11.6. The first-order valence-electron chi connectivity index (χ1n) is 4.54.